The molecule has 1 aliphatic heterocycles. The van der Waals surface area contributed by atoms with Crippen LogP contribution < -0.4 is 10.6 Å². The number of urea groups is 1. The minimum absolute atomic E-state index is 0.0851. The number of carbonyl (C=O) groups excluding carboxylic acids is 1. The Kier molecular flexibility index (Phi) is 6.47. The number of carbonyl (C=O) groups is 1. The number of piperazine rings is 1. The SMILES string of the molecule is CCN1CCN(Cc2ccccc2CNC(=O)NC2CCc3ccccc32)CC1. The molecule has 0 aromatic heterocycles. The summed E-state index contributed by atoms with van der Waals surface area (Å²) in [5, 5.41) is 6.23. The molecule has 0 spiro atoms. The first-order valence-corrected chi connectivity index (χ1v) is 10.9. The van der Waals surface area contributed by atoms with Gasteiger partial charge in [-0.05, 0) is 41.6 Å². The lowest BCUT2D eigenvalue weighted by Gasteiger charge is -2.34. The van der Waals surface area contributed by atoms with Crippen molar-refractivity contribution in [3.05, 3.63) is 70.8 Å². The predicted molar refractivity (Wildman–Crippen MR) is 117 cm³/mol. The van der Waals surface area contributed by atoms with Crippen LogP contribution in [-0.2, 0) is 19.5 Å². The Morgan fingerprint density at radius 2 is 1.66 bits per heavy atom. The van der Waals surface area contributed by atoms with E-state index in [4.69, 9.17) is 0 Å². The summed E-state index contributed by atoms with van der Waals surface area (Å²) in [6.45, 7) is 9.37. The Bertz CT molecular complexity index is 829. The molecule has 2 N–H and O–H groups in total. The highest BCUT2D eigenvalue weighted by atomic mass is 16.2. The first kappa shape index (κ1) is 19.9. The lowest BCUT2D eigenvalue weighted by Crippen LogP contribution is -2.45. The van der Waals surface area contributed by atoms with Crippen molar-refractivity contribution in [1.82, 2.24) is 20.4 Å². The van der Waals surface area contributed by atoms with Crippen LogP contribution in [0.5, 0.6) is 0 Å². The molecule has 2 aromatic carbocycles. The van der Waals surface area contributed by atoms with Gasteiger partial charge in [-0.2, -0.15) is 0 Å². The normalized spacial score (nSPS) is 19.7. The van der Waals surface area contributed by atoms with Crippen LogP contribution in [0.25, 0.3) is 0 Å². The molecule has 2 amide bonds. The molecule has 1 aliphatic carbocycles. The predicted octanol–water partition coefficient (Wildman–Crippen LogP) is 3.31. The maximum absolute atomic E-state index is 12.5. The van der Waals surface area contributed by atoms with E-state index in [-0.39, 0.29) is 12.1 Å². The summed E-state index contributed by atoms with van der Waals surface area (Å²) >= 11 is 0. The third-order valence-electron chi connectivity index (χ3n) is 6.30. The molecule has 1 heterocycles. The lowest BCUT2D eigenvalue weighted by atomic mass is 10.1. The van der Waals surface area contributed by atoms with Gasteiger partial charge in [0.05, 0.1) is 6.04 Å². The molecule has 1 unspecified atom stereocenters. The van der Waals surface area contributed by atoms with Gasteiger partial charge in [-0.3, -0.25) is 4.90 Å². The highest BCUT2D eigenvalue weighted by molar-refractivity contribution is 5.74. The fourth-order valence-corrected chi connectivity index (χ4v) is 4.48. The van der Waals surface area contributed by atoms with Gasteiger partial charge in [0.25, 0.3) is 0 Å². The summed E-state index contributed by atoms with van der Waals surface area (Å²) in [4.78, 5) is 17.5. The fraction of sp³-hybridized carbons (Fsp3) is 0.458. The number of nitrogens with zero attached hydrogens (tertiary/aromatic N) is 2. The molecule has 4 rings (SSSR count). The second kappa shape index (κ2) is 9.42. The van der Waals surface area contributed by atoms with Crippen molar-refractivity contribution >= 4 is 6.03 Å². The van der Waals surface area contributed by atoms with Crippen molar-refractivity contribution in [2.24, 2.45) is 0 Å². The average molecular weight is 393 g/mol. The van der Waals surface area contributed by atoms with E-state index >= 15 is 0 Å². The first-order chi connectivity index (χ1) is 14.2. The largest absolute Gasteiger partial charge is 0.334 e. The number of amides is 2. The van der Waals surface area contributed by atoms with Crippen molar-refractivity contribution < 1.29 is 4.79 Å². The van der Waals surface area contributed by atoms with E-state index in [0.29, 0.717) is 6.54 Å². The van der Waals surface area contributed by atoms with Gasteiger partial charge in [0.1, 0.15) is 0 Å². The summed E-state index contributed by atoms with van der Waals surface area (Å²) in [6.07, 6.45) is 2.02. The summed E-state index contributed by atoms with van der Waals surface area (Å²) < 4.78 is 0. The van der Waals surface area contributed by atoms with Crippen LogP contribution in [0.1, 0.15) is 41.6 Å². The molecule has 1 fully saturated rings. The molecular weight excluding hydrogens is 360 g/mol. The molecule has 154 valence electrons. The molecule has 5 nitrogen and oxygen atoms in total. The molecule has 2 aromatic rings. The topological polar surface area (TPSA) is 47.6 Å². The lowest BCUT2D eigenvalue weighted by molar-refractivity contribution is 0.131. The van der Waals surface area contributed by atoms with Crippen LogP contribution in [0.15, 0.2) is 48.5 Å². The molecule has 0 radical (unpaired) electrons. The van der Waals surface area contributed by atoms with Gasteiger partial charge < -0.3 is 15.5 Å². The second-order valence-corrected chi connectivity index (χ2v) is 8.10. The Hall–Kier alpha value is -2.37. The Morgan fingerprint density at radius 1 is 0.966 bits per heavy atom. The fourth-order valence-electron chi connectivity index (χ4n) is 4.48. The van der Waals surface area contributed by atoms with Crippen LogP contribution in [-0.4, -0.2) is 48.6 Å². The molecule has 0 bridgehead atoms. The summed E-state index contributed by atoms with van der Waals surface area (Å²) in [5.74, 6) is 0. The standard InChI is InChI=1S/C24H32N4O/c1-2-27-13-15-28(16-14-27)18-21-9-4-3-8-20(21)17-25-24(29)26-23-12-11-19-7-5-6-10-22(19)23/h3-10,23H,2,11-18H2,1H3,(H2,25,26,29). The van der Waals surface area contributed by atoms with Crippen molar-refractivity contribution in [3.8, 4) is 0 Å². The van der Waals surface area contributed by atoms with E-state index < -0.39 is 0 Å². The van der Waals surface area contributed by atoms with Gasteiger partial charge >= 0.3 is 6.03 Å². The number of aryl methyl sites for hydroxylation is 1. The van der Waals surface area contributed by atoms with Crippen molar-refractivity contribution in [3.63, 3.8) is 0 Å². The molecule has 1 atom stereocenters. The number of rotatable bonds is 6. The number of nitrogens with one attached hydrogen (secondary N) is 2. The van der Waals surface area contributed by atoms with E-state index in [9.17, 15) is 4.79 Å². The van der Waals surface area contributed by atoms with E-state index in [1.165, 1.54) is 22.3 Å². The average Bonchev–Trinajstić information content (AvgIpc) is 3.16. The monoisotopic (exact) mass is 392 g/mol. The van der Waals surface area contributed by atoms with Gasteiger partial charge in [0, 0.05) is 39.3 Å². The minimum Gasteiger partial charge on any atom is -0.334 e. The van der Waals surface area contributed by atoms with Crippen LogP contribution >= 0.6 is 0 Å². The van der Waals surface area contributed by atoms with Crippen LogP contribution in [0.3, 0.4) is 0 Å². The highest BCUT2D eigenvalue weighted by Crippen LogP contribution is 2.30. The molecule has 0 saturated carbocycles. The third kappa shape index (κ3) is 4.98. The Morgan fingerprint density at radius 3 is 2.45 bits per heavy atom. The van der Waals surface area contributed by atoms with Gasteiger partial charge in [-0.25, -0.2) is 4.79 Å². The summed E-state index contributed by atoms with van der Waals surface area (Å²) in [6, 6.07) is 16.9. The number of hydrogen-bond donors (Lipinski definition) is 2. The van der Waals surface area contributed by atoms with E-state index in [0.717, 1.165) is 52.1 Å². The number of hydrogen-bond acceptors (Lipinski definition) is 3. The van der Waals surface area contributed by atoms with Gasteiger partial charge in [0.15, 0.2) is 0 Å². The zero-order valence-electron chi connectivity index (χ0n) is 17.4. The van der Waals surface area contributed by atoms with Gasteiger partial charge in [-0.1, -0.05) is 55.5 Å². The molecule has 2 aliphatic rings. The van der Waals surface area contributed by atoms with Crippen LogP contribution in [0.4, 0.5) is 4.79 Å². The van der Waals surface area contributed by atoms with E-state index in [1.54, 1.807) is 0 Å². The second-order valence-electron chi connectivity index (χ2n) is 8.10. The van der Waals surface area contributed by atoms with Gasteiger partial charge in [0.2, 0.25) is 0 Å². The Balaban J connectivity index is 1.30. The maximum atomic E-state index is 12.5. The molecule has 1 saturated heterocycles. The van der Waals surface area contributed by atoms with Gasteiger partial charge in [-0.15, -0.1) is 0 Å². The van der Waals surface area contributed by atoms with Crippen molar-refractivity contribution in [1.29, 1.82) is 0 Å². The zero-order chi connectivity index (χ0) is 20.1. The van der Waals surface area contributed by atoms with E-state index in [2.05, 4.69) is 69.8 Å². The third-order valence-corrected chi connectivity index (χ3v) is 6.30. The van der Waals surface area contributed by atoms with Crippen molar-refractivity contribution in [2.45, 2.75) is 38.9 Å². The van der Waals surface area contributed by atoms with Crippen LogP contribution in [0, 0.1) is 0 Å². The summed E-state index contributed by atoms with van der Waals surface area (Å²) in [5.41, 5.74) is 5.12. The Labute approximate surface area is 174 Å². The smallest absolute Gasteiger partial charge is 0.315 e. The molecule has 29 heavy (non-hydrogen) atoms. The minimum atomic E-state index is -0.0851. The number of likely N-dealkylation sites (N-methyl/N-ethyl adjacent to an activating group) is 1. The quantitative estimate of drug-likeness (QED) is 0.793. The van der Waals surface area contributed by atoms with Crippen LogP contribution in [0.2, 0.25) is 0 Å². The molecule has 5 heteroatoms. The highest BCUT2D eigenvalue weighted by Gasteiger charge is 2.23. The number of benzene rings is 2. The first-order valence-electron chi connectivity index (χ1n) is 10.9. The summed E-state index contributed by atoms with van der Waals surface area (Å²) in [7, 11) is 0. The zero-order valence-corrected chi connectivity index (χ0v) is 17.4. The van der Waals surface area contributed by atoms with Crippen molar-refractivity contribution in [2.75, 3.05) is 32.7 Å². The number of fused-ring (bicyclic) bond motifs is 1. The maximum Gasteiger partial charge on any atom is 0.315 e. The van der Waals surface area contributed by atoms with E-state index in [1.807, 2.05) is 6.07 Å². The molecular formula is C24H32N4O.